The van der Waals surface area contributed by atoms with Crippen molar-refractivity contribution in [3.05, 3.63) is 30.1 Å². The van der Waals surface area contributed by atoms with Gasteiger partial charge in [-0.25, -0.2) is 4.79 Å². The standard InChI is InChI=1S/C16H20N2O3/c1-11-9-12(11)10-21-16(20)14-6-4-8-18(14)15(19)13-5-2-3-7-17-13/h2-3,5,7,11-12,14H,4,6,8-10H2,1H3/t11-,12-,14-/m0/s1. The molecule has 5 heteroatoms. The van der Waals surface area contributed by atoms with Gasteiger partial charge in [0.25, 0.3) is 5.91 Å². The number of pyridine rings is 1. The summed E-state index contributed by atoms with van der Waals surface area (Å²) in [6.07, 6.45) is 4.23. The predicted molar refractivity (Wildman–Crippen MR) is 76.5 cm³/mol. The summed E-state index contributed by atoms with van der Waals surface area (Å²) < 4.78 is 5.38. The topological polar surface area (TPSA) is 59.5 Å². The van der Waals surface area contributed by atoms with E-state index in [4.69, 9.17) is 4.74 Å². The Hall–Kier alpha value is -1.91. The minimum atomic E-state index is -0.450. The summed E-state index contributed by atoms with van der Waals surface area (Å²) in [4.78, 5) is 30.3. The first-order valence-corrected chi connectivity index (χ1v) is 7.55. The van der Waals surface area contributed by atoms with Crippen LogP contribution in [0.4, 0.5) is 0 Å². The van der Waals surface area contributed by atoms with Gasteiger partial charge in [-0.2, -0.15) is 0 Å². The molecule has 0 bridgehead atoms. The fraction of sp³-hybridized carbons (Fsp3) is 0.562. The molecule has 2 heterocycles. The lowest BCUT2D eigenvalue weighted by Crippen LogP contribution is -2.41. The number of rotatable bonds is 4. The van der Waals surface area contributed by atoms with Crippen molar-refractivity contribution in [1.82, 2.24) is 9.88 Å². The normalized spacial score (nSPS) is 27.5. The van der Waals surface area contributed by atoms with Crippen LogP contribution < -0.4 is 0 Å². The highest BCUT2D eigenvalue weighted by Crippen LogP contribution is 2.37. The van der Waals surface area contributed by atoms with Gasteiger partial charge in [0.05, 0.1) is 6.61 Å². The first kappa shape index (κ1) is 14.0. The Morgan fingerprint density at radius 3 is 2.90 bits per heavy atom. The minimum absolute atomic E-state index is 0.185. The Labute approximate surface area is 124 Å². The average molecular weight is 288 g/mol. The lowest BCUT2D eigenvalue weighted by molar-refractivity contribution is -0.148. The number of esters is 1. The molecular formula is C16H20N2O3. The van der Waals surface area contributed by atoms with E-state index in [-0.39, 0.29) is 11.9 Å². The van der Waals surface area contributed by atoms with Crippen LogP contribution in [0.15, 0.2) is 24.4 Å². The van der Waals surface area contributed by atoms with Gasteiger partial charge in [-0.15, -0.1) is 0 Å². The van der Waals surface area contributed by atoms with Crippen molar-refractivity contribution in [2.24, 2.45) is 11.8 Å². The molecule has 112 valence electrons. The lowest BCUT2D eigenvalue weighted by Gasteiger charge is -2.22. The molecule has 1 aromatic heterocycles. The number of likely N-dealkylation sites (tertiary alicyclic amines) is 1. The van der Waals surface area contributed by atoms with Gasteiger partial charge in [0.2, 0.25) is 0 Å². The molecule has 0 N–H and O–H groups in total. The van der Waals surface area contributed by atoms with Crippen LogP contribution in [0.1, 0.15) is 36.7 Å². The summed E-state index contributed by atoms with van der Waals surface area (Å²) in [5, 5.41) is 0. The number of hydrogen-bond acceptors (Lipinski definition) is 4. The maximum atomic E-state index is 12.4. The van der Waals surface area contributed by atoms with Crippen LogP contribution in [0.3, 0.4) is 0 Å². The first-order chi connectivity index (χ1) is 10.2. The summed E-state index contributed by atoms with van der Waals surface area (Å²) in [7, 11) is 0. The highest BCUT2D eigenvalue weighted by molar-refractivity contribution is 5.95. The molecular weight excluding hydrogens is 268 g/mol. The summed E-state index contributed by atoms with van der Waals surface area (Å²) >= 11 is 0. The van der Waals surface area contributed by atoms with Gasteiger partial charge >= 0.3 is 5.97 Å². The van der Waals surface area contributed by atoms with Gasteiger partial charge in [-0.05, 0) is 43.2 Å². The molecule has 1 aliphatic heterocycles. The van der Waals surface area contributed by atoms with E-state index in [1.807, 2.05) is 0 Å². The zero-order valence-corrected chi connectivity index (χ0v) is 12.2. The van der Waals surface area contributed by atoms with Crippen molar-refractivity contribution in [1.29, 1.82) is 0 Å². The van der Waals surface area contributed by atoms with Gasteiger partial charge in [0, 0.05) is 12.7 Å². The van der Waals surface area contributed by atoms with Gasteiger partial charge in [0.1, 0.15) is 11.7 Å². The van der Waals surface area contributed by atoms with Crippen molar-refractivity contribution in [3.8, 4) is 0 Å². The molecule has 1 aromatic rings. The number of ether oxygens (including phenoxy) is 1. The number of amides is 1. The summed E-state index contributed by atoms with van der Waals surface area (Å²) in [6.45, 7) is 3.24. The highest BCUT2D eigenvalue weighted by atomic mass is 16.5. The fourth-order valence-corrected chi connectivity index (χ4v) is 2.81. The Kier molecular flexibility index (Phi) is 3.90. The van der Waals surface area contributed by atoms with Crippen molar-refractivity contribution in [2.45, 2.75) is 32.2 Å². The highest BCUT2D eigenvalue weighted by Gasteiger charge is 2.38. The van der Waals surface area contributed by atoms with E-state index >= 15 is 0 Å². The molecule has 5 nitrogen and oxygen atoms in total. The molecule has 1 saturated heterocycles. The van der Waals surface area contributed by atoms with Crippen molar-refractivity contribution in [3.63, 3.8) is 0 Å². The van der Waals surface area contributed by atoms with Crippen molar-refractivity contribution < 1.29 is 14.3 Å². The molecule has 0 spiro atoms. The fourth-order valence-electron chi connectivity index (χ4n) is 2.81. The molecule has 0 radical (unpaired) electrons. The van der Waals surface area contributed by atoms with Crippen LogP contribution in [0.25, 0.3) is 0 Å². The molecule has 1 saturated carbocycles. The van der Waals surface area contributed by atoms with E-state index in [1.54, 1.807) is 29.3 Å². The molecule has 2 fully saturated rings. The molecule has 3 rings (SSSR count). The van der Waals surface area contributed by atoms with Crippen molar-refractivity contribution >= 4 is 11.9 Å². The summed E-state index contributed by atoms with van der Waals surface area (Å²) in [5.74, 6) is 0.716. The second-order valence-electron chi connectivity index (χ2n) is 5.97. The third-order valence-electron chi connectivity index (χ3n) is 4.39. The maximum Gasteiger partial charge on any atom is 0.328 e. The second-order valence-corrected chi connectivity index (χ2v) is 5.97. The molecule has 0 unspecified atom stereocenters. The van der Waals surface area contributed by atoms with Crippen LogP contribution in [0.2, 0.25) is 0 Å². The van der Waals surface area contributed by atoms with Crippen LogP contribution >= 0.6 is 0 Å². The lowest BCUT2D eigenvalue weighted by atomic mass is 10.2. The van der Waals surface area contributed by atoms with Gasteiger partial charge < -0.3 is 9.64 Å². The Morgan fingerprint density at radius 2 is 2.24 bits per heavy atom. The van der Waals surface area contributed by atoms with Crippen LogP contribution in [-0.4, -0.2) is 41.0 Å². The summed E-state index contributed by atoms with van der Waals surface area (Å²) in [6, 6.07) is 4.77. The Balaban J connectivity index is 1.62. The molecule has 0 aromatic carbocycles. The summed E-state index contributed by atoms with van der Waals surface area (Å²) in [5.41, 5.74) is 0.382. The first-order valence-electron chi connectivity index (χ1n) is 7.55. The van der Waals surface area contributed by atoms with E-state index in [0.29, 0.717) is 37.1 Å². The van der Waals surface area contributed by atoms with Gasteiger partial charge in [0.15, 0.2) is 0 Å². The van der Waals surface area contributed by atoms with Gasteiger partial charge in [-0.1, -0.05) is 13.0 Å². The number of hydrogen-bond donors (Lipinski definition) is 0. The third kappa shape index (κ3) is 3.06. The zero-order valence-electron chi connectivity index (χ0n) is 12.2. The Morgan fingerprint density at radius 1 is 1.43 bits per heavy atom. The average Bonchev–Trinajstić information content (AvgIpc) is 3.02. The molecule has 1 amide bonds. The molecule has 1 aliphatic carbocycles. The van der Waals surface area contributed by atoms with E-state index in [0.717, 1.165) is 12.8 Å². The zero-order chi connectivity index (χ0) is 14.8. The monoisotopic (exact) mass is 288 g/mol. The maximum absolute atomic E-state index is 12.4. The number of aromatic nitrogens is 1. The SMILES string of the molecule is C[C@H]1C[C@H]1COC(=O)[C@@H]1CCCN1C(=O)c1ccccn1. The van der Waals surface area contributed by atoms with Gasteiger partial charge in [-0.3, -0.25) is 9.78 Å². The quantitative estimate of drug-likeness (QED) is 0.794. The number of carbonyl (C=O) groups excluding carboxylic acids is 2. The smallest absolute Gasteiger partial charge is 0.328 e. The number of carbonyl (C=O) groups is 2. The molecule has 3 atom stereocenters. The van der Waals surface area contributed by atoms with E-state index < -0.39 is 6.04 Å². The van der Waals surface area contributed by atoms with E-state index in [2.05, 4.69) is 11.9 Å². The molecule has 21 heavy (non-hydrogen) atoms. The number of nitrogens with zero attached hydrogens (tertiary/aromatic N) is 2. The van der Waals surface area contributed by atoms with Crippen LogP contribution in [0, 0.1) is 11.8 Å². The van der Waals surface area contributed by atoms with Crippen molar-refractivity contribution in [2.75, 3.05) is 13.2 Å². The molecule has 2 aliphatic rings. The third-order valence-corrected chi connectivity index (χ3v) is 4.39. The van der Waals surface area contributed by atoms with Crippen LogP contribution in [0.5, 0.6) is 0 Å². The second kappa shape index (κ2) is 5.84. The minimum Gasteiger partial charge on any atom is -0.464 e. The van der Waals surface area contributed by atoms with E-state index in [9.17, 15) is 9.59 Å². The predicted octanol–water partition coefficient (Wildman–Crippen LogP) is 1.89. The van der Waals surface area contributed by atoms with E-state index in [1.165, 1.54) is 0 Å². The Bertz CT molecular complexity index is 532. The van der Waals surface area contributed by atoms with Crippen LogP contribution in [-0.2, 0) is 9.53 Å². The largest absolute Gasteiger partial charge is 0.464 e.